The van der Waals surface area contributed by atoms with Gasteiger partial charge in [-0.2, -0.15) is 0 Å². The SMILES string of the molecule is CNCC(Cc1ccc(O)cc1)c1ccc(C)cc1. The summed E-state index contributed by atoms with van der Waals surface area (Å²) in [6.07, 6.45) is 0.976. The molecule has 0 aromatic heterocycles. The van der Waals surface area contributed by atoms with Crippen LogP contribution < -0.4 is 5.32 Å². The van der Waals surface area contributed by atoms with Crippen LogP contribution in [0.2, 0.25) is 0 Å². The minimum atomic E-state index is 0.323. The van der Waals surface area contributed by atoms with E-state index in [0.717, 1.165) is 13.0 Å². The topological polar surface area (TPSA) is 32.3 Å². The standard InChI is InChI=1S/C17H21NO/c1-13-3-7-15(8-4-13)16(12-18-2)11-14-5-9-17(19)10-6-14/h3-10,16,18-19H,11-12H2,1-2H3. The number of rotatable bonds is 5. The molecule has 0 aliphatic rings. The van der Waals surface area contributed by atoms with Gasteiger partial charge in [0.25, 0.3) is 0 Å². The Labute approximate surface area is 115 Å². The average Bonchev–Trinajstić information content (AvgIpc) is 2.42. The van der Waals surface area contributed by atoms with Crippen LogP contribution in [-0.4, -0.2) is 18.7 Å². The summed E-state index contributed by atoms with van der Waals surface area (Å²) in [5.41, 5.74) is 3.89. The molecule has 0 spiro atoms. The molecule has 19 heavy (non-hydrogen) atoms. The molecule has 0 heterocycles. The van der Waals surface area contributed by atoms with E-state index in [4.69, 9.17) is 0 Å². The van der Waals surface area contributed by atoms with Gasteiger partial charge in [0.05, 0.1) is 0 Å². The van der Waals surface area contributed by atoms with Gasteiger partial charge in [0, 0.05) is 12.5 Å². The Bertz CT molecular complexity index is 502. The van der Waals surface area contributed by atoms with Gasteiger partial charge in [-0.1, -0.05) is 42.0 Å². The molecule has 0 bridgehead atoms. The fourth-order valence-corrected chi connectivity index (χ4v) is 2.31. The maximum absolute atomic E-state index is 9.33. The lowest BCUT2D eigenvalue weighted by Crippen LogP contribution is -2.19. The lowest BCUT2D eigenvalue weighted by Gasteiger charge is -2.17. The van der Waals surface area contributed by atoms with Crippen molar-refractivity contribution in [3.8, 4) is 5.75 Å². The summed E-state index contributed by atoms with van der Waals surface area (Å²) in [6, 6.07) is 16.2. The third-order valence-corrected chi connectivity index (χ3v) is 3.42. The highest BCUT2D eigenvalue weighted by molar-refractivity contribution is 5.30. The number of likely N-dealkylation sites (N-methyl/N-ethyl adjacent to an activating group) is 1. The molecule has 2 rings (SSSR count). The Morgan fingerprint density at radius 1 is 1.00 bits per heavy atom. The number of hydrogen-bond donors (Lipinski definition) is 2. The summed E-state index contributed by atoms with van der Waals surface area (Å²) in [6.45, 7) is 3.06. The Kier molecular flexibility index (Phi) is 4.58. The maximum Gasteiger partial charge on any atom is 0.115 e. The summed E-state index contributed by atoms with van der Waals surface area (Å²) < 4.78 is 0. The molecule has 100 valence electrons. The largest absolute Gasteiger partial charge is 0.508 e. The second kappa shape index (κ2) is 6.39. The van der Waals surface area contributed by atoms with E-state index in [1.54, 1.807) is 12.1 Å². The first-order chi connectivity index (χ1) is 9.19. The summed E-state index contributed by atoms with van der Waals surface area (Å²) in [5.74, 6) is 0.777. The van der Waals surface area contributed by atoms with E-state index in [9.17, 15) is 5.11 Å². The first-order valence-corrected chi connectivity index (χ1v) is 6.68. The van der Waals surface area contributed by atoms with Crippen molar-refractivity contribution in [1.29, 1.82) is 0 Å². The van der Waals surface area contributed by atoms with E-state index < -0.39 is 0 Å². The predicted octanol–water partition coefficient (Wildman–Crippen LogP) is 3.25. The quantitative estimate of drug-likeness (QED) is 0.859. The number of aromatic hydroxyl groups is 1. The molecule has 2 aromatic rings. The second-order valence-electron chi connectivity index (χ2n) is 5.04. The number of aryl methyl sites for hydroxylation is 1. The summed E-state index contributed by atoms with van der Waals surface area (Å²) in [7, 11) is 1.98. The molecule has 0 aliphatic carbocycles. The molecule has 0 saturated heterocycles. The van der Waals surface area contributed by atoms with Crippen molar-refractivity contribution >= 4 is 0 Å². The van der Waals surface area contributed by atoms with Gasteiger partial charge in [-0.3, -0.25) is 0 Å². The van der Waals surface area contributed by atoms with Crippen LogP contribution in [0.5, 0.6) is 5.75 Å². The molecule has 0 radical (unpaired) electrons. The lowest BCUT2D eigenvalue weighted by molar-refractivity contribution is 0.475. The zero-order valence-corrected chi connectivity index (χ0v) is 11.6. The van der Waals surface area contributed by atoms with Gasteiger partial charge in [0.2, 0.25) is 0 Å². The van der Waals surface area contributed by atoms with Crippen molar-refractivity contribution < 1.29 is 5.11 Å². The molecule has 2 aromatic carbocycles. The highest BCUT2D eigenvalue weighted by Gasteiger charge is 2.11. The van der Waals surface area contributed by atoms with E-state index in [1.807, 2.05) is 19.2 Å². The Hall–Kier alpha value is -1.80. The molecular formula is C17H21NO. The Balaban J connectivity index is 2.15. The number of phenols is 1. The Morgan fingerprint density at radius 3 is 2.21 bits per heavy atom. The van der Waals surface area contributed by atoms with Gasteiger partial charge in [-0.15, -0.1) is 0 Å². The molecule has 0 saturated carbocycles. The predicted molar refractivity (Wildman–Crippen MR) is 79.7 cm³/mol. The van der Waals surface area contributed by atoms with E-state index >= 15 is 0 Å². The molecule has 2 heteroatoms. The fraction of sp³-hybridized carbons (Fsp3) is 0.294. The second-order valence-corrected chi connectivity index (χ2v) is 5.04. The van der Waals surface area contributed by atoms with Crippen LogP contribution in [-0.2, 0) is 6.42 Å². The summed E-state index contributed by atoms with van der Waals surface area (Å²) >= 11 is 0. The number of benzene rings is 2. The molecule has 1 atom stereocenters. The van der Waals surface area contributed by atoms with E-state index in [2.05, 4.69) is 36.5 Å². The minimum absolute atomic E-state index is 0.323. The van der Waals surface area contributed by atoms with Crippen LogP contribution in [0, 0.1) is 6.92 Å². The third-order valence-electron chi connectivity index (χ3n) is 3.42. The average molecular weight is 255 g/mol. The van der Waals surface area contributed by atoms with Gasteiger partial charge in [0.15, 0.2) is 0 Å². The Morgan fingerprint density at radius 2 is 1.63 bits per heavy atom. The van der Waals surface area contributed by atoms with Gasteiger partial charge in [-0.05, 0) is 43.7 Å². The highest BCUT2D eigenvalue weighted by atomic mass is 16.3. The maximum atomic E-state index is 9.33. The minimum Gasteiger partial charge on any atom is -0.508 e. The first kappa shape index (κ1) is 13.6. The fourth-order valence-electron chi connectivity index (χ4n) is 2.31. The lowest BCUT2D eigenvalue weighted by atomic mass is 9.91. The third kappa shape index (κ3) is 3.83. The van der Waals surface area contributed by atoms with Crippen LogP contribution in [0.3, 0.4) is 0 Å². The van der Waals surface area contributed by atoms with Crippen molar-refractivity contribution in [3.63, 3.8) is 0 Å². The van der Waals surface area contributed by atoms with Crippen LogP contribution in [0.1, 0.15) is 22.6 Å². The number of nitrogens with one attached hydrogen (secondary N) is 1. The highest BCUT2D eigenvalue weighted by Crippen LogP contribution is 2.22. The van der Waals surface area contributed by atoms with Gasteiger partial charge >= 0.3 is 0 Å². The molecular weight excluding hydrogens is 234 g/mol. The molecule has 1 unspecified atom stereocenters. The molecule has 0 amide bonds. The van der Waals surface area contributed by atoms with Gasteiger partial charge < -0.3 is 10.4 Å². The van der Waals surface area contributed by atoms with E-state index in [-0.39, 0.29) is 0 Å². The zero-order chi connectivity index (χ0) is 13.7. The van der Waals surface area contributed by atoms with Crippen LogP contribution in [0.4, 0.5) is 0 Å². The number of hydrogen-bond acceptors (Lipinski definition) is 2. The molecule has 0 aliphatic heterocycles. The normalized spacial score (nSPS) is 12.3. The van der Waals surface area contributed by atoms with Gasteiger partial charge in [0.1, 0.15) is 5.75 Å². The summed E-state index contributed by atoms with van der Waals surface area (Å²) in [5, 5.41) is 12.6. The van der Waals surface area contributed by atoms with Crippen molar-refractivity contribution in [2.24, 2.45) is 0 Å². The van der Waals surface area contributed by atoms with Crippen LogP contribution >= 0.6 is 0 Å². The van der Waals surface area contributed by atoms with E-state index in [0.29, 0.717) is 11.7 Å². The van der Waals surface area contributed by atoms with Crippen molar-refractivity contribution in [3.05, 3.63) is 65.2 Å². The monoisotopic (exact) mass is 255 g/mol. The van der Waals surface area contributed by atoms with E-state index in [1.165, 1.54) is 16.7 Å². The molecule has 2 nitrogen and oxygen atoms in total. The van der Waals surface area contributed by atoms with Crippen molar-refractivity contribution in [1.82, 2.24) is 5.32 Å². The first-order valence-electron chi connectivity index (χ1n) is 6.68. The smallest absolute Gasteiger partial charge is 0.115 e. The summed E-state index contributed by atoms with van der Waals surface area (Å²) in [4.78, 5) is 0. The zero-order valence-electron chi connectivity index (χ0n) is 11.6. The molecule has 0 fully saturated rings. The van der Waals surface area contributed by atoms with Crippen molar-refractivity contribution in [2.45, 2.75) is 19.3 Å². The number of phenolic OH excluding ortho intramolecular Hbond substituents is 1. The van der Waals surface area contributed by atoms with Crippen molar-refractivity contribution in [2.75, 3.05) is 13.6 Å². The van der Waals surface area contributed by atoms with Gasteiger partial charge in [-0.25, -0.2) is 0 Å². The van der Waals surface area contributed by atoms with Crippen LogP contribution in [0.15, 0.2) is 48.5 Å². The van der Waals surface area contributed by atoms with Crippen LogP contribution in [0.25, 0.3) is 0 Å². The molecule has 2 N–H and O–H groups in total.